The molecule has 0 amide bonds. The molecular weight excluding hydrogens is 380 g/mol. The van der Waals surface area contributed by atoms with Gasteiger partial charge >= 0.3 is 7.60 Å². The van der Waals surface area contributed by atoms with E-state index in [2.05, 4.69) is 5.09 Å². The first-order chi connectivity index (χ1) is 13.0. The molecule has 2 rings (SSSR count). The van der Waals surface area contributed by atoms with E-state index in [1.54, 1.807) is 13.8 Å². The molecule has 0 spiro atoms. The van der Waals surface area contributed by atoms with Crippen molar-refractivity contribution in [2.45, 2.75) is 33.2 Å². The number of rotatable bonds is 11. The predicted octanol–water partition coefficient (Wildman–Crippen LogP) is 4.55. The molecule has 0 radical (unpaired) electrons. The fourth-order valence-corrected chi connectivity index (χ4v) is 7.57. The van der Waals surface area contributed by atoms with Crippen molar-refractivity contribution in [1.82, 2.24) is 5.09 Å². The zero-order valence-electron chi connectivity index (χ0n) is 16.2. The molecule has 0 aromatic heterocycles. The molecule has 148 valence electrons. The van der Waals surface area contributed by atoms with Gasteiger partial charge in [0, 0.05) is 16.7 Å². The van der Waals surface area contributed by atoms with Gasteiger partial charge in [0.2, 0.25) is 7.29 Å². The Morgan fingerprint density at radius 2 is 1.26 bits per heavy atom. The monoisotopic (exact) mass is 409 g/mol. The van der Waals surface area contributed by atoms with E-state index in [0.29, 0.717) is 19.6 Å². The first-order valence-electron chi connectivity index (χ1n) is 9.34. The van der Waals surface area contributed by atoms with Crippen LogP contribution in [0.1, 0.15) is 27.2 Å². The molecule has 27 heavy (non-hydrogen) atoms. The minimum atomic E-state index is -3.24. The molecule has 0 fully saturated rings. The van der Waals surface area contributed by atoms with Gasteiger partial charge in [-0.15, -0.1) is 0 Å². The van der Waals surface area contributed by atoms with Gasteiger partial charge in [0.15, 0.2) is 0 Å². The van der Waals surface area contributed by atoms with Crippen molar-refractivity contribution in [3.05, 3.63) is 60.7 Å². The molecule has 2 aromatic carbocycles. The molecule has 0 saturated heterocycles. The van der Waals surface area contributed by atoms with Crippen LogP contribution in [0.15, 0.2) is 60.7 Å². The van der Waals surface area contributed by atoms with Gasteiger partial charge in [-0.2, -0.15) is 0 Å². The van der Waals surface area contributed by atoms with Crippen LogP contribution < -0.4 is 15.7 Å². The van der Waals surface area contributed by atoms with Crippen LogP contribution in [0.4, 0.5) is 0 Å². The Morgan fingerprint density at radius 1 is 0.815 bits per heavy atom. The number of nitrogens with one attached hydrogen (secondary N) is 1. The number of hydrogen-bond acceptors (Lipinski definition) is 4. The van der Waals surface area contributed by atoms with Gasteiger partial charge in [0.1, 0.15) is 0 Å². The van der Waals surface area contributed by atoms with Crippen LogP contribution in [0.3, 0.4) is 0 Å². The second kappa shape index (κ2) is 10.4. The maximum absolute atomic E-state index is 14.1. The van der Waals surface area contributed by atoms with Gasteiger partial charge < -0.3 is 9.05 Å². The molecule has 0 aliphatic rings. The Hall–Kier alpha value is -1.22. The lowest BCUT2D eigenvalue weighted by Crippen LogP contribution is -2.37. The molecule has 1 N–H and O–H groups in total. The standard InChI is InChI=1S/C20H29NO4P2/c1-4-18(17-26(22,24-5-2)25-6-3)21-27(23,19-13-9-7-10-14-19)20-15-11-8-12-16-20/h7-16,18H,4-6,17H2,1-3H3,(H,21,23). The average Bonchev–Trinajstić information content (AvgIpc) is 2.69. The van der Waals surface area contributed by atoms with Crippen molar-refractivity contribution in [2.75, 3.05) is 19.4 Å². The highest BCUT2D eigenvalue weighted by atomic mass is 31.2. The summed E-state index contributed by atoms with van der Waals surface area (Å²) in [6.45, 7) is 6.17. The topological polar surface area (TPSA) is 64.6 Å². The van der Waals surface area contributed by atoms with Gasteiger partial charge in [-0.05, 0) is 44.5 Å². The average molecular weight is 409 g/mol. The smallest absolute Gasteiger partial charge is 0.309 e. The Bertz CT molecular complexity index is 730. The Balaban J connectivity index is 2.36. The van der Waals surface area contributed by atoms with Crippen molar-refractivity contribution >= 4 is 25.5 Å². The maximum atomic E-state index is 14.1. The summed E-state index contributed by atoms with van der Waals surface area (Å²) in [5, 5.41) is 4.75. The van der Waals surface area contributed by atoms with E-state index >= 15 is 0 Å². The van der Waals surface area contributed by atoms with Crippen LogP contribution in [0, 0.1) is 0 Å². The summed E-state index contributed by atoms with van der Waals surface area (Å²) in [5.74, 6) is 0. The molecule has 1 atom stereocenters. The summed E-state index contributed by atoms with van der Waals surface area (Å²) in [5.41, 5.74) is 0. The number of benzene rings is 2. The van der Waals surface area contributed by atoms with E-state index in [9.17, 15) is 9.13 Å². The highest BCUT2D eigenvalue weighted by Gasteiger charge is 2.34. The summed E-state index contributed by atoms with van der Waals surface area (Å²) < 4.78 is 37.9. The minimum Gasteiger partial charge on any atom is -0.309 e. The molecule has 0 bridgehead atoms. The third-order valence-electron chi connectivity index (χ3n) is 4.19. The lowest BCUT2D eigenvalue weighted by Gasteiger charge is -2.28. The second-order valence-corrected chi connectivity index (χ2v) is 10.8. The van der Waals surface area contributed by atoms with Gasteiger partial charge in [0.05, 0.1) is 19.4 Å². The fraction of sp³-hybridized carbons (Fsp3) is 0.400. The fourth-order valence-electron chi connectivity index (χ4n) is 2.90. The van der Waals surface area contributed by atoms with Gasteiger partial charge in [-0.25, -0.2) is 0 Å². The molecule has 2 aromatic rings. The zero-order valence-corrected chi connectivity index (χ0v) is 18.0. The number of hydrogen-bond donors (Lipinski definition) is 1. The van der Waals surface area contributed by atoms with Crippen molar-refractivity contribution in [3.63, 3.8) is 0 Å². The zero-order chi connectivity index (χ0) is 19.8. The molecule has 0 aliphatic heterocycles. The van der Waals surface area contributed by atoms with E-state index in [1.165, 1.54) is 0 Å². The summed E-state index contributed by atoms with van der Waals surface area (Å²) in [6.07, 6.45) is 0.822. The highest BCUT2D eigenvalue weighted by molar-refractivity contribution is 7.77. The van der Waals surface area contributed by atoms with Crippen LogP contribution in [-0.2, 0) is 18.2 Å². The molecule has 7 heteroatoms. The van der Waals surface area contributed by atoms with Crippen LogP contribution in [-0.4, -0.2) is 25.4 Å². The van der Waals surface area contributed by atoms with E-state index in [0.717, 1.165) is 10.6 Å². The minimum absolute atomic E-state index is 0.175. The van der Waals surface area contributed by atoms with E-state index in [1.807, 2.05) is 67.6 Å². The normalized spacial score (nSPS) is 13.4. The van der Waals surface area contributed by atoms with Gasteiger partial charge in [-0.3, -0.25) is 14.2 Å². The quantitative estimate of drug-likeness (QED) is 0.552. The van der Waals surface area contributed by atoms with Crippen molar-refractivity contribution in [2.24, 2.45) is 0 Å². The molecule has 0 heterocycles. The van der Waals surface area contributed by atoms with Crippen molar-refractivity contribution in [3.8, 4) is 0 Å². The predicted molar refractivity (Wildman–Crippen MR) is 113 cm³/mol. The third-order valence-corrected chi connectivity index (χ3v) is 9.16. The summed E-state index contributed by atoms with van der Waals surface area (Å²) in [4.78, 5) is 0. The Morgan fingerprint density at radius 3 is 1.63 bits per heavy atom. The van der Waals surface area contributed by atoms with Crippen molar-refractivity contribution in [1.29, 1.82) is 0 Å². The Kier molecular flexibility index (Phi) is 8.47. The van der Waals surface area contributed by atoms with E-state index < -0.39 is 14.9 Å². The first kappa shape index (κ1) is 22.1. The third kappa shape index (κ3) is 5.88. The van der Waals surface area contributed by atoms with Gasteiger partial charge in [-0.1, -0.05) is 43.3 Å². The summed E-state index contributed by atoms with van der Waals surface area (Å²) >= 11 is 0. The summed E-state index contributed by atoms with van der Waals surface area (Å²) in [6, 6.07) is 18.4. The second-order valence-electron chi connectivity index (χ2n) is 6.14. The molecule has 0 aliphatic carbocycles. The van der Waals surface area contributed by atoms with Crippen LogP contribution in [0.5, 0.6) is 0 Å². The van der Waals surface area contributed by atoms with Gasteiger partial charge in [0.25, 0.3) is 0 Å². The Labute approximate surface area is 162 Å². The van der Waals surface area contributed by atoms with Crippen LogP contribution in [0.25, 0.3) is 0 Å². The lowest BCUT2D eigenvalue weighted by molar-refractivity contribution is 0.218. The largest absolute Gasteiger partial charge is 0.332 e. The van der Waals surface area contributed by atoms with Crippen LogP contribution in [0.2, 0.25) is 0 Å². The molecule has 5 nitrogen and oxygen atoms in total. The molecule has 1 unspecified atom stereocenters. The van der Waals surface area contributed by atoms with Crippen molar-refractivity contribution < 1.29 is 18.2 Å². The summed E-state index contributed by atoms with van der Waals surface area (Å²) in [7, 11) is -6.35. The molecular formula is C20H29NO4P2. The SMILES string of the molecule is CCOP(=O)(CC(CC)NP(=O)(c1ccccc1)c1ccccc1)OCC. The van der Waals surface area contributed by atoms with E-state index in [-0.39, 0.29) is 12.2 Å². The van der Waals surface area contributed by atoms with E-state index in [4.69, 9.17) is 9.05 Å². The highest BCUT2D eigenvalue weighted by Crippen LogP contribution is 2.50. The molecule has 0 saturated carbocycles. The first-order valence-corrected chi connectivity index (χ1v) is 12.8. The maximum Gasteiger partial charge on any atom is 0.332 e. The lowest BCUT2D eigenvalue weighted by atomic mass is 10.3. The van der Waals surface area contributed by atoms with Crippen LogP contribution >= 0.6 is 14.9 Å².